The van der Waals surface area contributed by atoms with Crippen molar-refractivity contribution < 1.29 is 4.79 Å². The third kappa shape index (κ3) is 4.27. The summed E-state index contributed by atoms with van der Waals surface area (Å²) < 4.78 is 1.91. The van der Waals surface area contributed by atoms with Crippen molar-refractivity contribution in [1.29, 1.82) is 0 Å². The lowest BCUT2D eigenvalue weighted by Crippen LogP contribution is -2.43. The van der Waals surface area contributed by atoms with E-state index in [9.17, 15) is 4.79 Å². The van der Waals surface area contributed by atoms with Gasteiger partial charge in [0.25, 0.3) is 0 Å². The molecule has 1 N–H and O–H groups in total. The Kier molecular flexibility index (Phi) is 6.32. The van der Waals surface area contributed by atoms with Crippen molar-refractivity contribution in [1.82, 2.24) is 24.8 Å². The summed E-state index contributed by atoms with van der Waals surface area (Å²) in [5.41, 5.74) is 0.778. The third-order valence-corrected chi connectivity index (χ3v) is 5.34. The Morgan fingerprint density at radius 1 is 1.27 bits per heavy atom. The first-order valence-electron chi connectivity index (χ1n) is 9.37. The Balaban J connectivity index is 1.52. The van der Waals surface area contributed by atoms with E-state index in [2.05, 4.69) is 39.2 Å². The number of halogens is 1. The Morgan fingerprint density at radius 3 is 2.69 bits per heavy atom. The molecule has 0 aliphatic carbocycles. The Bertz CT molecular complexity index is 736. The van der Waals surface area contributed by atoms with Crippen LogP contribution < -0.4 is 10.2 Å². The lowest BCUT2D eigenvalue weighted by atomic mass is 9.96. The van der Waals surface area contributed by atoms with Crippen molar-refractivity contribution in [3.05, 3.63) is 23.4 Å². The maximum absolute atomic E-state index is 12.4. The number of nitrogens with one attached hydrogen (secondary N) is 1. The first-order chi connectivity index (χ1) is 12.6. The number of carbonyl (C=O) groups excluding carboxylic acids is 1. The van der Waals surface area contributed by atoms with Gasteiger partial charge in [-0.05, 0) is 38.1 Å². The highest BCUT2D eigenvalue weighted by Gasteiger charge is 2.27. The second-order valence-corrected chi connectivity index (χ2v) is 7.09. The van der Waals surface area contributed by atoms with Crippen LogP contribution in [0, 0.1) is 5.92 Å². The molecule has 0 aromatic carbocycles. The van der Waals surface area contributed by atoms with E-state index in [1.807, 2.05) is 22.7 Å². The molecule has 2 aromatic heterocycles. The average Bonchev–Trinajstić information content (AvgIpc) is 3.08. The predicted octanol–water partition coefficient (Wildman–Crippen LogP) is 2.06. The number of anilines is 1. The van der Waals surface area contributed by atoms with Gasteiger partial charge in [-0.3, -0.25) is 9.20 Å². The highest BCUT2D eigenvalue weighted by atomic mass is 35.5. The molecular weight excluding hydrogens is 352 g/mol. The first kappa shape index (κ1) is 18.9. The Labute approximate surface area is 159 Å². The molecule has 1 aliphatic rings. The first-order valence-corrected chi connectivity index (χ1v) is 9.75. The molecule has 142 valence electrons. The number of piperidine rings is 1. The van der Waals surface area contributed by atoms with Gasteiger partial charge >= 0.3 is 0 Å². The van der Waals surface area contributed by atoms with Gasteiger partial charge in [0.05, 0.1) is 5.02 Å². The van der Waals surface area contributed by atoms with E-state index in [-0.39, 0.29) is 11.8 Å². The molecule has 1 aliphatic heterocycles. The van der Waals surface area contributed by atoms with Gasteiger partial charge in [0.1, 0.15) is 0 Å². The van der Waals surface area contributed by atoms with Crippen molar-refractivity contribution in [2.45, 2.75) is 26.7 Å². The molecule has 8 heteroatoms. The van der Waals surface area contributed by atoms with Crippen LogP contribution in [0.4, 0.5) is 5.95 Å². The quantitative estimate of drug-likeness (QED) is 0.798. The Hall–Kier alpha value is -1.86. The van der Waals surface area contributed by atoms with Gasteiger partial charge in [0.15, 0.2) is 5.65 Å². The van der Waals surface area contributed by atoms with Crippen LogP contribution in [-0.4, -0.2) is 64.7 Å². The molecule has 26 heavy (non-hydrogen) atoms. The summed E-state index contributed by atoms with van der Waals surface area (Å²) in [7, 11) is 0. The van der Waals surface area contributed by atoms with Crippen molar-refractivity contribution in [3.63, 3.8) is 0 Å². The SMILES string of the molecule is CCN(CC)CCNC(=O)C1CCN(c2nnc3ccc(Cl)cn23)CC1. The number of likely N-dealkylation sites (N-methyl/N-ethyl adjacent to an activating group) is 1. The van der Waals surface area contributed by atoms with Gasteiger partial charge in [-0.2, -0.15) is 0 Å². The minimum absolute atomic E-state index is 0.0747. The van der Waals surface area contributed by atoms with Gasteiger partial charge < -0.3 is 15.1 Å². The maximum Gasteiger partial charge on any atom is 0.231 e. The number of rotatable bonds is 7. The largest absolute Gasteiger partial charge is 0.355 e. The smallest absolute Gasteiger partial charge is 0.231 e. The number of pyridine rings is 1. The molecule has 3 heterocycles. The predicted molar refractivity (Wildman–Crippen MR) is 104 cm³/mol. The Morgan fingerprint density at radius 2 is 2.00 bits per heavy atom. The van der Waals surface area contributed by atoms with Crippen molar-refractivity contribution in [3.8, 4) is 0 Å². The lowest BCUT2D eigenvalue weighted by Gasteiger charge is -2.31. The van der Waals surface area contributed by atoms with Gasteiger partial charge in [-0.15, -0.1) is 10.2 Å². The van der Waals surface area contributed by atoms with Crippen LogP contribution in [0.25, 0.3) is 5.65 Å². The highest BCUT2D eigenvalue weighted by molar-refractivity contribution is 6.30. The molecule has 0 radical (unpaired) electrons. The maximum atomic E-state index is 12.4. The van der Waals surface area contributed by atoms with E-state index in [4.69, 9.17) is 11.6 Å². The zero-order valence-electron chi connectivity index (χ0n) is 15.5. The molecule has 0 spiro atoms. The van der Waals surface area contributed by atoms with E-state index in [1.165, 1.54) is 0 Å². The van der Waals surface area contributed by atoms with Gasteiger partial charge in [0.2, 0.25) is 11.9 Å². The van der Waals surface area contributed by atoms with Crippen LogP contribution in [0.15, 0.2) is 18.3 Å². The number of fused-ring (bicyclic) bond motifs is 1. The fourth-order valence-corrected chi connectivity index (χ4v) is 3.59. The van der Waals surface area contributed by atoms with E-state index < -0.39 is 0 Å². The molecule has 0 saturated carbocycles. The summed E-state index contributed by atoms with van der Waals surface area (Å²) in [6.45, 7) is 9.52. The molecular formula is C18H27ClN6O. The second-order valence-electron chi connectivity index (χ2n) is 6.65. The number of hydrogen-bond donors (Lipinski definition) is 1. The number of amides is 1. The summed E-state index contributed by atoms with van der Waals surface area (Å²) in [4.78, 5) is 16.9. The fraction of sp³-hybridized carbons (Fsp3) is 0.611. The second kappa shape index (κ2) is 8.68. The van der Waals surface area contributed by atoms with Crippen LogP contribution in [-0.2, 0) is 4.79 Å². The molecule has 1 fully saturated rings. The van der Waals surface area contributed by atoms with Crippen LogP contribution in [0.3, 0.4) is 0 Å². The number of carbonyl (C=O) groups is 1. The van der Waals surface area contributed by atoms with Crippen LogP contribution in [0.2, 0.25) is 5.02 Å². The van der Waals surface area contributed by atoms with Gasteiger partial charge in [-0.25, -0.2) is 0 Å². The monoisotopic (exact) mass is 378 g/mol. The molecule has 1 saturated heterocycles. The summed E-state index contributed by atoms with van der Waals surface area (Å²) in [6.07, 6.45) is 3.48. The van der Waals surface area contributed by atoms with Gasteiger partial charge in [0, 0.05) is 38.3 Å². The molecule has 3 rings (SSSR count). The summed E-state index contributed by atoms with van der Waals surface area (Å²) in [6, 6.07) is 3.67. The van der Waals surface area contributed by atoms with Gasteiger partial charge in [-0.1, -0.05) is 25.4 Å². The topological polar surface area (TPSA) is 65.8 Å². The number of nitrogens with zero attached hydrogens (tertiary/aromatic N) is 5. The van der Waals surface area contributed by atoms with Crippen molar-refractivity contribution >= 4 is 29.1 Å². The third-order valence-electron chi connectivity index (χ3n) is 5.12. The standard InChI is InChI=1S/C18H27ClN6O/c1-3-23(4-2)12-9-20-17(26)14-7-10-24(11-8-14)18-22-21-16-6-5-15(19)13-25(16)18/h5-6,13-14H,3-4,7-12H2,1-2H3,(H,20,26). The molecule has 0 atom stereocenters. The summed E-state index contributed by atoms with van der Waals surface area (Å²) in [5.74, 6) is 1.04. The molecule has 1 amide bonds. The highest BCUT2D eigenvalue weighted by Crippen LogP contribution is 2.23. The zero-order chi connectivity index (χ0) is 18.5. The lowest BCUT2D eigenvalue weighted by molar-refractivity contribution is -0.125. The zero-order valence-corrected chi connectivity index (χ0v) is 16.2. The molecule has 7 nitrogen and oxygen atoms in total. The van der Waals surface area contributed by atoms with E-state index >= 15 is 0 Å². The molecule has 0 bridgehead atoms. The van der Waals surface area contributed by atoms with Crippen molar-refractivity contribution in [2.24, 2.45) is 5.92 Å². The molecule has 0 unspecified atom stereocenters. The number of aromatic nitrogens is 3. The average molecular weight is 379 g/mol. The minimum Gasteiger partial charge on any atom is -0.355 e. The fourth-order valence-electron chi connectivity index (χ4n) is 3.43. The normalized spacial score (nSPS) is 15.8. The van der Waals surface area contributed by atoms with Crippen LogP contribution >= 0.6 is 11.6 Å². The minimum atomic E-state index is 0.0747. The van der Waals surface area contributed by atoms with E-state index in [0.29, 0.717) is 11.6 Å². The number of hydrogen-bond acceptors (Lipinski definition) is 5. The van der Waals surface area contributed by atoms with E-state index in [1.54, 1.807) is 0 Å². The summed E-state index contributed by atoms with van der Waals surface area (Å²) in [5, 5.41) is 12.2. The molecule has 2 aromatic rings. The van der Waals surface area contributed by atoms with Crippen LogP contribution in [0.5, 0.6) is 0 Å². The summed E-state index contributed by atoms with van der Waals surface area (Å²) >= 11 is 6.09. The van der Waals surface area contributed by atoms with Crippen molar-refractivity contribution in [2.75, 3.05) is 44.2 Å². The van der Waals surface area contributed by atoms with Crippen LogP contribution in [0.1, 0.15) is 26.7 Å². The van der Waals surface area contributed by atoms with E-state index in [0.717, 1.165) is 57.2 Å².